The molecule has 462 valence electrons. The van der Waals surface area contributed by atoms with E-state index in [1.807, 2.05) is 38.0 Å². The van der Waals surface area contributed by atoms with Crippen LogP contribution in [0.1, 0.15) is 95.2 Å². The van der Waals surface area contributed by atoms with E-state index in [1.54, 1.807) is 48.5 Å². The summed E-state index contributed by atoms with van der Waals surface area (Å²) in [6.45, 7) is 12.5. The van der Waals surface area contributed by atoms with E-state index >= 15 is 0 Å². The highest BCUT2D eigenvalue weighted by Gasteiger charge is 2.38. The number of alkyl halides is 9. The Hall–Kier alpha value is -6.45. The van der Waals surface area contributed by atoms with Crippen LogP contribution in [-0.4, -0.2) is 129 Å². The molecule has 0 spiro atoms. The predicted molar refractivity (Wildman–Crippen MR) is 318 cm³/mol. The van der Waals surface area contributed by atoms with Crippen molar-refractivity contribution in [2.45, 2.75) is 97.1 Å². The van der Waals surface area contributed by atoms with E-state index < -0.39 is 35.2 Å². The maximum atomic E-state index is 13.4. The zero-order valence-electron chi connectivity index (χ0n) is 49.6. The first-order valence-electron chi connectivity index (χ1n) is 29.2. The summed E-state index contributed by atoms with van der Waals surface area (Å²) >= 11 is 0. The van der Waals surface area contributed by atoms with Gasteiger partial charge in [-0.25, -0.2) is 0 Å². The average Bonchev–Trinajstić information content (AvgIpc) is 3.59. The first-order chi connectivity index (χ1) is 40.1. The zero-order chi connectivity index (χ0) is 62.0. The number of halogens is 9. The molecule has 3 saturated heterocycles. The summed E-state index contributed by atoms with van der Waals surface area (Å²) in [6.07, 6.45) is -3.36. The molecule has 3 aliphatic rings. The molecule has 3 aromatic heterocycles. The van der Waals surface area contributed by atoms with Gasteiger partial charge in [0, 0.05) is 143 Å². The Kier molecular flexibility index (Phi) is 22.4. The van der Waals surface area contributed by atoms with E-state index in [2.05, 4.69) is 50.4 Å². The van der Waals surface area contributed by atoms with Gasteiger partial charge in [0.2, 0.25) is 0 Å². The molecule has 0 radical (unpaired) electrons. The number of rotatable bonds is 17. The Labute approximate surface area is 492 Å². The Morgan fingerprint density at radius 1 is 0.459 bits per heavy atom. The van der Waals surface area contributed by atoms with Crippen LogP contribution in [-0.2, 0) is 32.9 Å². The highest BCUT2D eigenvalue weighted by atomic mass is 19.4. The lowest BCUT2D eigenvalue weighted by atomic mass is 9.86. The Balaban J connectivity index is 0.000000183. The SMILES string of the molecule is C[C@H]1C[C@@H](CC(=O)CCN(C)C)CN(c2ccc(C(F)(F)F)c3ncccc23)C1.C[C@H]1C[C@@H](CC(=O)CCN(C)C)CN(c2ccc(C(F)(F)F)c3ncccc23)C1.C[C@H]1C[C@@H](CC(=O)CCN)CN(c2ccc(C(F)(F)F)c3ncccc23)C1. The summed E-state index contributed by atoms with van der Waals surface area (Å²) < 4.78 is 120. The van der Waals surface area contributed by atoms with Gasteiger partial charge < -0.3 is 30.2 Å². The van der Waals surface area contributed by atoms with Crippen LogP contribution in [0.2, 0.25) is 0 Å². The number of aromatic nitrogens is 3. The molecular weight excluding hydrogens is 1110 g/mol. The molecule has 0 bridgehead atoms. The minimum Gasteiger partial charge on any atom is -0.370 e. The number of fused-ring (bicyclic) bond motifs is 3. The van der Waals surface area contributed by atoms with Crippen LogP contribution in [0.25, 0.3) is 32.7 Å². The molecule has 9 rings (SSSR count). The second-order valence-corrected chi connectivity index (χ2v) is 24.3. The molecule has 3 aromatic carbocycles. The number of carbonyl (C=O) groups is 3. The molecule has 6 atom stereocenters. The molecule has 6 heterocycles. The fourth-order valence-electron chi connectivity index (χ4n) is 12.6. The molecule has 0 saturated carbocycles. The number of anilines is 3. The van der Waals surface area contributed by atoms with Crippen molar-refractivity contribution in [1.82, 2.24) is 24.8 Å². The van der Waals surface area contributed by atoms with Crippen LogP contribution in [0.15, 0.2) is 91.4 Å². The first-order valence-corrected chi connectivity index (χ1v) is 29.2. The largest absolute Gasteiger partial charge is 0.418 e. The number of hydrogen-bond acceptors (Lipinski definition) is 12. The van der Waals surface area contributed by atoms with Crippen molar-refractivity contribution in [3.8, 4) is 0 Å². The van der Waals surface area contributed by atoms with E-state index in [0.29, 0.717) is 98.6 Å². The third kappa shape index (κ3) is 18.1. The van der Waals surface area contributed by atoms with Crippen LogP contribution in [0, 0.1) is 35.5 Å². The molecule has 3 fully saturated rings. The topological polar surface area (TPSA) is 132 Å². The van der Waals surface area contributed by atoms with Crippen molar-refractivity contribution < 1.29 is 53.9 Å². The number of ketones is 3. The van der Waals surface area contributed by atoms with Crippen LogP contribution >= 0.6 is 0 Å². The van der Waals surface area contributed by atoms with Crippen molar-refractivity contribution in [3.05, 3.63) is 108 Å². The number of carbonyl (C=O) groups excluding carboxylic acids is 3. The minimum absolute atomic E-state index is 0.0191. The molecule has 0 aliphatic carbocycles. The van der Waals surface area contributed by atoms with Gasteiger partial charge >= 0.3 is 18.5 Å². The lowest BCUT2D eigenvalue weighted by Crippen LogP contribution is -2.40. The summed E-state index contributed by atoms with van der Waals surface area (Å²) in [7, 11) is 7.78. The highest BCUT2D eigenvalue weighted by molar-refractivity contribution is 5.96. The monoisotopic (exact) mass is 1190 g/mol. The van der Waals surface area contributed by atoms with E-state index in [1.165, 1.54) is 24.7 Å². The van der Waals surface area contributed by atoms with Gasteiger partial charge in [-0.05, 0) is 162 Å². The van der Waals surface area contributed by atoms with Crippen LogP contribution < -0.4 is 20.4 Å². The molecule has 6 aromatic rings. The van der Waals surface area contributed by atoms with Crippen molar-refractivity contribution in [1.29, 1.82) is 0 Å². The lowest BCUT2D eigenvalue weighted by molar-refractivity contribution is -0.137. The van der Waals surface area contributed by atoms with Crippen molar-refractivity contribution >= 4 is 67.1 Å². The Morgan fingerprint density at radius 3 is 1.00 bits per heavy atom. The average molecular weight is 1190 g/mol. The number of piperidine rings is 3. The molecule has 0 unspecified atom stereocenters. The number of nitrogens with two attached hydrogens (primary N) is 1. The van der Waals surface area contributed by atoms with Crippen molar-refractivity contribution in [3.63, 3.8) is 0 Å². The van der Waals surface area contributed by atoms with Crippen LogP contribution in [0.3, 0.4) is 0 Å². The molecule has 21 heteroatoms. The van der Waals surface area contributed by atoms with Crippen molar-refractivity contribution in [2.75, 3.05) is 102 Å². The Morgan fingerprint density at radius 2 is 0.741 bits per heavy atom. The minimum atomic E-state index is -4.45. The summed E-state index contributed by atoms with van der Waals surface area (Å²) in [5.74, 6) is 2.33. The second-order valence-electron chi connectivity index (χ2n) is 24.3. The van der Waals surface area contributed by atoms with Gasteiger partial charge in [0.15, 0.2) is 0 Å². The number of benzene rings is 3. The molecule has 12 nitrogen and oxygen atoms in total. The van der Waals surface area contributed by atoms with E-state index in [9.17, 15) is 53.9 Å². The fourth-order valence-corrected chi connectivity index (χ4v) is 12.6. The summed E-state index contributed by atoms with van der Waals surface area (Å²) in [5, 5.41) is 1.51. The quantitative estimate of drug-likeness (QED) is 0.0872. The van der Waals surface area contributed by atoms with Gasteiger partial charge in [-0.3, -0.25) is 29.3 Å². The molecular formula is C64H80F9N9O3. The van der Waals surface area contributed by atoms with Crippen LogP contribution in [0.4, 0.5) is 56.6 Å². The first kappa shape index (κ1) is 66.1. The predicted octanol–water partition coefficient (Wildman–Crippen LogP) is 13.3. The zero-order valence-corrected chi connectivity index (χ0v) is 49.6. The van der Waals surface area contributed by atoms with E-state index in [4.69, 9.17) is 5.73 Å². The molecule has 85 heavy (non-hydrogen) atoms. The number of pyridine rings is 3. The summed E-state index contributed by atoms with van der Waals surface area (Å²) in [5.41, 5.74) is 5.52. The van der Waals surface area contributed by atoms with E-state index in [0.717, 1.165) is 87.2 Å². The third-order valence-corrected chi connectivity index (χ3v) is 16.1. The van der Waals surface area contributed by atoms with Gasteiger partial charge in [-0.1, -0.05) is 20.8 Å². The molecule has 3 aliphatic heterocycles. The second kappa shape index (κ2) is 28.8. The molecule has 0 amide bonds. The third-order valence-electron chi connectivity index (χ3n) is 16.1. The number of nitrogens with zero attached hydrogens (tertiary/aromatic N) is 8. The van der Waals surface area contributed by atoms with Gasteiger partial charge in [0.05, 0.1) is 33.2 Å². The normalized spacial score (nSPS) is 20.6. The molecule has 2 N–H and O–H groups in total. The fraction of sp³-hybridized carbons (Fsp3) is 0.531. The number of hydrogen-bond donors (Lipinski definition) is 1. The van der Waals surface area contributed by atoms with Gasteiger partial charge in [-0.2, -0.15) is 39.5 Å². The summed E-state index contributed by atoms with van der Waals surface area (Å²) in [6, 6.07) is 18.1. The highest BCUT2D eigenvalue weighted by Crippen LogP contribution is 2.43. The maximum Gasteiger partial charge on any atom is 0.418 e. The van der Waals surface area contributed by atoms with Gasteiger partial charge in [0.25, 0.3) is 0 Å². The summed E-state index contributed by atoms with van der Waals surface area (Å²) in [4.78, 5) is 59.1. The van der Waals surface area contributed by atoms with Gasteiger partial charge in [0.1, 0.15) is 17.3 Å². The standard InChI is InChI=1S/2C22H28F3N3O.C20H24F3N3O/c2*1-15-11-16(12-17(29)8-10-27(2)3)14-28(13-15)20-7-6-19(22(23,24)25)21-18(20)5-4-9-26-21;1-13-9-14(10-15(27)6-7-24)12-26(11-13)18-5-4-17(20(21,22)23)19-16(18)3-2-8-25-19/h2*4-7,9,15-16H,8,10-14H2,1-3H3;2-5,8,13-14H,6-7,9-12,24H2,1H3/t2*15-,16-;13-,14-/m000/s1. The maximum absolute atomic E-state index is 13.4. The van der Waals surface area contributed by atoms with Crippen molar-refractivity contribution in [2.24, 2.45) is 41.2 Å². The van der Waals surface area contributed by atoms with Crippen LogP contribution in [0.5, 0.6) is 0 Å². The lowest BCUT2D eigenvalue weighted by Gasteiger charge is -2.38. The number of Topliss-reactive ketones (excluding diaryl/α,β-unsaturated/α-hetero) is 3. The Bertz CT molecular complexity index is 3080. The smallest absolute Gasteiger partial charge is 0.370 e. The van der Waals surface area contributed by atoms with E-state index in [-0.39, 0.29) is 51.7 Å². The van der Waals surface area contributed by atoms with Gasteiger partial charge in [-0.15, -0.1) is 0 Å².